The maximum atomic E-state index is 10.8. The number of nitrogens with two attached hydrogens (primary N) is 1. The Labute approximate surface area is 82.3 Å². The molecule has 14 heavy (non-hydrogen) atoms. The van der Waals surface area contributed by atoms with Crippen LogP contribution in [0.1, 0.15) is 18.4 Å². The Morgan fingerprint density at radius 3 is 2.71 bits per heavy atom. The number of carbonyl (C=O) groups is 1. The van der Waals surface area contributed by atoms with Gasteiger partial charge in [0.15, 0.2) is 0 Å². The van der Waals surface area contributed by atoms with Crippen LogP contribution in [0.25, 0.3) is 0 Å². The molecule has 0 aliphatic heterocycles. The van der Waals surface area contributed by atoms with Gasteiger partial charge in [-0.2, -0.15) is 0 Å². The number of ether oxygens (including phenoxy) is 1. The number of hydrogen-bond acceptors (Lipinski definition) is 3. The van der Waals surface area contributed by atoms with Gasteiger partial charge >= 0.3 is 5.97 Å². The molecule has 1 unspecified atom stereocenters. The average Bonchev–Trinajstić information content (AvgIpc) is 2.17. The van der Waals surface area contributed by atoms with Gasteiger partial charge in [-0.15, -0.1) is 0 Å². The molecule has 0 aromatic heterocycles. The minimum Gasteiger partial charge on any atom is -0.497 e. The van der Waals surface area contributed by atoms with E-state index in [9.17, 15) is 4.79 Å². The normalized spacial score (nSPS) is 12.1. The van der Waals surface area contributed by atoms with E-state index in [2.05, 4.69) is 0 Å². The molecule has 0 saturated carbocycles. The predicted octanol–water partition coefficient (Wildman–Crippen LogP) is 1.47. The van der Waals surface area contributed by atoms with Crippen molar-refractivity contribution >= 4 is 11.7 Å². The van der Waals surface area contributed by atoms with Crippen molar-refractivity contribution in [2.24, 2.45) is 0 Å². The lowest BCUT2D eigenvalue weighted by Crippen LogP contribution is -2.09. The summed E-state index contributed by atoms with van der Waals surface area (Å²) in [7, 11) is 1.53. The van der Waals surface area contributed by atoms with Crippen molar-refractivity contribution in [3.05, 3.63) is 23.8 Å². The molecule has 1 rings (SSSR count). The summed E-state index contributed by atoms with van der Waals surface area (Å²) < 4.78 is 4.99. The molecule has 0 radical (unpaired) electrons. The van der Waals surface area contributed by atoms with E-state index in [4.69, 9.17) is 15.6 Å². The summed E-state index contributed by atoms with van der Waals surface area (Å²) in [5.74, 6) is -0.905. The summed E-state index contributed by atoms with van der Waals surface area (Å²) in [5.41, 5.74) is 6.72. The minimum atomic E-state index is -0.898. The van der Waals surface area contributed by atoms with E-state index < -0.39 is 11.9 Å². The fourth-order valence-corrected chi connectivity index (χ4v) is 1.19. The zero-order valence-corrected chi connectivity index (χ0v) is 8.15. The molecule has 0 spiro atoms. The Balaban J connectivity index is 3.11. The van der Waals surface area contributed by atoms with Crippen LogP contribution in [0.4, 0.5) is 5.69 Å². The van der Waals surface area contributed by atoms with Gasteiger partial charge in [0.2, 0.25) is 0 Å². The molecule has 1 aromatic carbocycles. The number of methoxy groups -OCH3 is 1. The van der Waals surface area contributed by atoms with E-state index in [1.807, 2.05) is 0 Å². The Hall–Kier alpha value is -1.71. The third kappa shape index (κ3) is 1.96. The van der Waals surface area contributed by atoms with Crippen LogP contribution in [0.15, 0.2) is 18.2 Å². The van der Waals surface area contributed by atoms with Crippen molar-refractivity contribution in [2.75, 3.05) is 12.8 Å². The first-order valence-corrected chi connectivity index (χ1v) is 4.22. The first kappa shape index (κ1) is 10.4. The van der Waals surface area contributed by atoms with Gasteiger partial charge in [-0.25, -0.2) is 0 Å². The molecule has 4 heteroatoms. The SMILES string of the molecule is COc1ccc(N)c(C(C)C(=O)O)c1. The molecule has 0 fully saturated rings. The zero-order valence-electron chi connectivity index (χ0n) is 8.15. The molecule has 4 nitrogen and oxygen atoms in total. The lowest BCUT2D eigenvalue weighted by atomic mass is 9.99. The quantitative estimate of drug-likeness (QED) is 0.716. The van der Waals surface area contributed by atoms with Crippen LogP contribution in [0.2, 0.25) is 0 Å². The van der Waals surface area contributed by atoms with Gasteiger partial charge in [-0.3, -0.25) is 4.79 Å². The zero-order chi connectivity index (χ0) is 10.7. The monoisotopic (exact) mass is 195 g/mol. The molecule has 1 aromatic rings. The topological polar surface area (TPSA) is 72.5 Å². The molecule has 0 aliphatic rings. The number of rotatable bonds is 3. The molecule has 76 valence electrons. The second-order valence-electron chi connectivity index (χ2n) is 3.05. The number of nitrogen functional groups attached to an aromatic ring is 1. The van der Waals surface area contributed by atoms with E-state index in [0.29, 0.717) is 17.0 Å². The van der Waals surface area contributed by atoms with E-state index in [-0.39, 0.29) is 0 Å². The number of aliphatic carboxylic acids is 1. The van der Waals surface area contributed by atoms with E-state index in [1.54, 1.807) is 25.1 Å². The number of anilines is 1. The lowest BCUT2D eigenvalue weighted by molar-refractivity contribution is -0.138. The number of carboxylic acids is 1. The first-order chi connectivity index (χ1) is 6.56. The van der Waals surface area contributed by atoms with Crippen LogP contribution in [-0.2, 0) is 4.79 Å². The van der Waals surface area contributed by atoms with Gasteiger partial charge in [0, 0.05) is 5.69 Å². The minimum absolute atomic E-state index is 0.473. The summed E-state index contributed by atoms with van der Waals surface area (Å²) in [5, 5.41) is 8.83. The molecular formula is C10H13NO3. The smallest absolute Gasteiger partial charge is 0.310 e. The van der Waals surface area contributed by atoms with Crippen molar-refractivity contribution in [3.8, 4) is 5.75 Å². The highest BCUT2D eigenvalue weighted by Gasteiger charge is 2.16. The van der Waals surface area contributed by atoms with Crippen molar-refractivity contribution in [1.82, 2.24) is 0 Å². The highest BCUT2D eigenvalue weighted by molar-refractivity contribution is 5.78. The maximum absolute atomic E-state index is 10.8. The van der Waals surface area contributed by atoms with Gasteiger partial charge in [-0.05, 0) is 30.7 Å². The Bertz CT molecular complexity index is 349. The lowest BCUT2D eigenvalue weighted by Gasteiger charge is -2.11. The van der Waals surface area contributed by atoms with Crippen molar-refractivity contribution < 1.29 is 14.6 Å². The van der Waals surface area contributed by atoms with Crippen LogP contribution < -0.4 is 10.5 Å². The van der Waals surface area contributed by atoms with Crippen LogP contribution in [0, 0.1) is 0 Å². The van der Waals surface area contributed by atoms with Gasteiger partial charge in [0.25, 0.3) is 0 Å². The summed E-state index contributed by atoms with van der Waals surface area (Å²) in [6.45, 7) is 1.59. The number of benzene rings is 1. The molecule has 0 amide bonds. The Morgan fingerprint density at radius 1 is 1.57 bits per heavy atom. The highest BCUT2D eigenvalue weighted by Crippen LogP contribution is 2.26. The second-order valence-corrected chi connectivity index (χ2v) is 3.05. The summed E-state index contributed by atoms with van der Waals surface area (Å²) in [6.07, 6.45) is 0. The van der Waals surface area contributed by atoms with Gasteiger partial charge < -0.3 is 15.6 Å². The molecule has 3 N–H and O–H groups in total. The van der Waals surface area contributed by atoms with E-state index >= 15 is 0 Å². The standard InChI is InChI=1S/C10H13NO3/c1-6(10(12)13)8-5-7(14-2)3-4-9(8)11/h3-6H,11H2,1-2H3,(H,12,13). The van der Waals surface area contributed by atoms with Gasteiger partial charge in [-0.1, -0.05) is 0 Å². The van der Waals surface area contributed by atoms with Crippen LogP contribution in [0.3, 0.4) is 0 Å². The second kappa shape index (κ2) is 4.00. The van der Waals surface area contributed by atoms with Gasteiger partial charge in [0.05, 0.1) is 13.0 Å². The fraction of sp³-hybridized carbons (Fsp3) is 0.300. The highest BCUT2D eigenvalue weighted by atomic mass is 16.5. The average molecular weight is 195 g/mol. The summed E-state index contributed by atoms with van der Waals surface area (Å²) >= 11 is 0. The third-order valence-electron chi connectivity index (χ3n) is 2.13. The molecule has 0 bridgehead atoms. The fourth-order valence-electron chi connectivity index (χ4n) is 1.19. The molecule has 0 saturated heterocycles. The van der Waals surface area contributed by atoms with E-state index in [0.717, 1.165) is 0 Å². The van der Waals surface area contributed by atoms with Gasteiger partial charge in [0.1, 0.15) is 5.75 Å². The number of hydrogen-bond donors (Lipinski definition) is 2. The number of carboxylic acid groups (broad SMARTS) is 1. The van der Waals surface area contributed by atoms with Crippen LogP contribution in [-0.4, -0.2) is 18.2 Å². The molecular weight excluding hydrogens is 182 g/mol. The van der Waals surface area contributed by atoms with Crippen molar-refractivity contribution in [2.45, 2.75) is 12.8 Å². The van der Waals surface area contributed by atoms with Crippen LogP contribution in [0.5, 0.6) is 5.75 Å². The van der Waals surface area contributed by atoms with Crippen molar-refractivity contribution in [1.29, 1.82) is 0 Å². The summed E-state index contributed by atoms with van der Waals surface area (Å²) in [4.78, 5) is 10.8. The maximum Gasteiger partial charge on any atom is 0.310 e. The molecule has 1 atom stereocenters. The molecule has 0 heterocycles. The Morgan fingerprint density at radius 2 is 2.21 bits per heavy atom. The van der Waals surface area contributed by atoms with Crippen LogP contribution >= 0.6 is 0 Å². The molecule has 0 aliphatic carbocycles. The Kier molecular flexibility index (Phi) is 2.96. The predicted molar refractivity (Wildman–Crippen MR) is 53.5 cm³/mol. The third-order valence-corrected chi connectivity index (χ3v) is 2.13. The largest absolute Gasteiger partial charge is 0.497 e. The van der Waals surface area contributed by atoms with E-state index in [1.165, 1.54) is 7.11 Å². The summed E-state index contributed by atoms with van der Waals surface area (Å²) in [6, 6.07) is 5.00. The first-order valence-electron chi connectivity index (χ1n) is 4.22. The van der Waals surface area contributed by atoms with Crippen molar-refractivity contribution in [3.63, 3.8) is 0 Å².